The minimum absolute atomic E-state index is 0.274. The third kappa shape index (κ3) is 4.96. The second-order valence-electron chi connectivity index (χ2n) is 3.73. The monoisotopic (exact) mass is 261 g/mol. The van der Waals surface area contributed by atoms with Gasteiger partial charge in [-0.2, -0.15) is 0 Å². The molecule has 5 heteroatoms. The summed E-state index contributed by atoms with van der Waals surface area (Å²) in [5.74, 6) is -1.00. The zero-order valence-electron chi connectivity index (χ0n) is 9.20. The molecule has 90 valence electrons. The third-order valence-electron chi connectivity index (χ3n) is 2.35. The predicted molar refractivity (Wildman–Crippen MR) is 67.3 cm³/mol. The number of carboxylic acid groups (broad SMARTS) is 1. The van der Waals surface area contributed by atoms with Crippen molar-refractivity contribution < 1.29 is 9.90 Å². The maximum atomic E-state index is 10.5. The average molecular weight is 262 g/mol. The first-order valence-electron chi connectivity index (χ1n) is 5.27. The highest BCUT2D eigenvalue weighted by Crippen LogP contribution is 2.21. The number of rotatable bonds is 7. The first-order valence-corrected chi connectivity index (χ1v) is 6.47. The van der Waals surface area contributed by atoms with Gasteiger partial charge in [0.2, 0.25) is 0 Å². The van der Waals surface area contributed by atoms with Crippen molar-refractivity contribution in [3.63, 3.8) is 0 Å². The molecule has 1 aromatic rings. The van der Waals surface area contributed by atoms with E-state index in [0.29, 0.717) is 6.42 Å². The molecule has 0 aromatic carbocycles. The second kappa shape index (κ2) is 6.89. The van der Waals surface area contributed by atoms with Gasteiger partial charge in [-0.25, -0.2) is 0 Å². The fourth-order valence-corrected chi connectivity index (χ4v) is 2.35. The van der Waals surface area contributed by atoms with Crippen LogP contribution in [0.25, 0.3) is 0 Å². The van der Waals surface area contributed by atoms with Crippen LogP contribution in [0.4, 0.5) is 0 Å². The van der Waals surface area contributed by atoms with E-state index in [2.05, 4.69) is 5.32 Å². The van der Waals surface area contributed by atoms with Crippen LogP contribution in [0.3, 0.4) is 0 Å². The molecule has 0 bridgehead atoms. The highest BCUT2D eigenvalue weighted by Gasteiger charge is 2.09. The van der Waals surface area contributed by atoms with Crippen molar-refractivity contribution in [1.82, 2.24) is 5.32 Å². The molecule has 0 aliphatic rings. The molecule has 0 saturated carbocycles. The Hall–Kier alpha value is -0.580. The zero-order valence-corrected chi connectivity index (χ0v) is 10.8. The van der Waals surface area contributed by atoms with Crippen molar-refractivity contribution in [2.24, 2.45) is 5.92 Å². The van der Waals surface area contributed by atoms with Crippen LogP contribution in [-0.4, -0.2) is 24.2 Å². The van der Waals surface area contributed by atoms with E-state index >= 15 is 0 Å². The molecule has 0 spiro atoms. The van der Waals surface area contributed by atoms with Crippen molar-refractivity contribution in [2.75, 3.05) is 13.1 Å². The van der Waals surface area contributed by atoms with Crippen molar-refractivity contribution >= 4 is 28.9 Å². The van der Waals surface area contributed by atoms with Gasteiger partial charge >= 0.3 is 5.97 Å². The fraction of sp³-hybridized carbons (Fsp3) is 0.545. The Labute approximate surface area is 104 Å². The molecular formula is C11H16ClNO2S. The van der Waals surface area contributed by atoms with E-state index in [1.54, 1.807) is 18.3 Å². The number of nitrogens with one attached hydrogen (secondary N) is 1. The zero-order chi connectivity index (χ0) is 12.0. The highest BCUT2D eigenvalue weighted by atomic mass is 35.5. The molecule has 0 aliphatic heterocycles. The van der Waals surface area contributed by atoms with Gasteiger partial charge in [-0.05, 0) is 38.1 Å². The SMILES string of the molecule is CC(CCNCCc1ccc(Cl)s1)C(=O)O. The van der Waals surface area contributed by atoms with Gasteiger partial charge in [0.25, 0.3) is 0 Å². The Balaban J connectivity index is 2.06. The molecule has 3 nitrogen and oxygen atoms in total. The summed E-state index contributed by atoms with van der Waals surface area (Å²) in [6, 6.07) is 3.92. The van der Waals surface area contributed by atoms with Crippen LogP contribution in [-0.2, 0) is 11.2 Å². The standard InChI is InChI=1S/C11H16ClNO2S/c1-8(11(14)15)4-6-13-7-5-9-2-3-10(12)16-9/h2-3,8,13H,4-7H2,1H3,(H,14,15). The lowest BCUT2D eigenvalue weighted by molar-refractivity contribution is -0.141. The molecule has 1 rings (SSSR count). The molecule has 0 radical (unpaired) electrons. The van der Waals surface area contributed by atoms with Crippen LogP contribution >= 0.6 is 22.9 Å². The first kappa shape index (κ1) is 13.5. The molecule has 0 amide bonds. The largest absolute Gasteiger partial charge is 0.481 e. The fourth-order valence-electron chi connectivity index (χ4n) is 1.26. The summed E-state index contributed by atoms with van der Waals surface area (Å²) in [4.78, 5) is 11.8. The maximum absolute atomic E-state index is 10.5. The van der Waals surface area contributed by atoms with E-state index in [1.165, 1.54) is 4.88 Å². The van der Waals surface area contributed by atoms with Crippen LogP contribution in [0.1, 0.15) is 18.2 Å². The number of aliphatic carboxylic acids is 1. The predicted octanol–water partition coefficient (Wildman–Crippen LogP) is 2.64. The highest BCUT2D eigenvalue weighted by molar-refractivity contribution is 7.16. The van der Waals surface area contributed by atoms with Gasteiger partial charge in [0.05, 0.1) is 10.3 Å². The van der Waals surface area contributed by atoms with E-state index < -0.39 is 5.97 Å². The molecular weight excluding hydrogens is 246 g/mol. The molecule has 2 N–H and O–H groups in total. The number of carboxylic acids is 1. The Bertz CT molecular complexity index is 340. The van der Waals surface area contributed by atoms with Gasteiger partial charge in [0.15, 0.2) is 0 Å². The summed E-state index contributed by atoms with van der Waals surface area (Å²) >= 11 is 7.40. The van der Waals surface area contributed by atoms with Crippen molar-refractivity contribution in [2.45, 2.75) is 19.8 Å². The van der Waals surface area contributed by atoms with Crippen LogP contribution in [0, 0.1) is 5.92 Å². The molecule has 1 atom stereocenters. The lowest BCUT2D eigenvalue weighted by Gasteiger charge is -2.06. The minimum atomic E-state index is -0.730. The summed E-state index contributed by atoms with van der Waals surface area (Å²) in [6.45, 7) is 3.33. The lowest BCUT2D eigenvalue weighted by atomic mass is 10.1. The molecule has 0 saturated heterocycles. The van der Waals surface area contributed by atoms with Crippen LogP contribution in [0.15, 0.2) is 12.1 Å². The summed E-state index contributed by atoms with van der Waals surface area (Å²) in [5.41, 5.74) is 0. The lowest BCUT2D eigenvalue weighted by Crippen LogP contribution is -2.22. The first-order chi connectivity index (χ1) is 7.59. The van der Waals surface area contributed by atoms with E-state index in [1.807, 2.05) is 12.1 Å². The van der Waals surface area contributed by atoms with Gasteiger partial charge in [0.1, 0.15) is 0 Å². The van der Waals surface area contributed by atoms with Crippen LogP contribution in [0.5, 0.6) is 0 Å². The van der Waals surface area contributed by atoms with Gasteiger partial charge in [-0.3, -0.25) is 4.79 Å². The molecule has 16 heavy (non-hydrogen) atoms. The summed E-state index contributed by atoms with van der Waals surface area (Å²) in [7, 11) is 0. The molecule has 1 aromatic heterocycles. The Morgan fingerprint density at radius 2 is 2.31 bits per heavy atom. The maximum Gasteiger partial charge on any atom is 0.306 e. The van der Waals surface area contributed by atoms with Crippen molar-refractivity contribution in [3.8, 4) is 0 Å². The minimum Gasteiger partial charge on any atom is -0.481 e. The quantitative estimate of drug-likeness (QED) is 0.742. The third-order valence-corrected chi connectivity index (χ3v) is 3.64. The van der Waals surface area contributed by atoms with Crippen LogP contribution in [0.2, 0.25) is 4.34 Å². The van der Waals surface area contributed by atoms with Gasteiger partial charge in [-0.1, -0.05) is 18.5 Å². The molecule has 0 aliphatic carbocycles. The number of halogens is 1. The van der Waals surface area contributed by atoms with E-state index in [9.17, 15) is 4.79 Å². The van der Waals surface area contributed by atoms with Crippen molar-refractivity contribution in [3.05, 3.63) is 21.3 Å². The van der Waals surface area contributed by atoms with E-state index in [0.717, 1.165) is 23.8 Å². The smallest absolute Gasteiger partial charge is 0.306 e. The Kier molecular flexibility index (Phi) is 5.80. The number of thiophene rings is 1. The normalized spacial score (nSPS) is 12.6. The second-order valence-corrected chi connectivity index (χ2v) is 5.53. The van der Waals surface area contributed by atoms with E-state index in [4.69, 9.17) is 16.7 Å². The van der Waals surface area contributed by atoms with Gasteiger partial charge in [-0.15, -0.1) is 11.3 Å². The van der Waals surface area contributed by atoms with Gasteiger partial charge in [0, 0.05) is 4.88 Å². The van der Waals surface area contributed by atoms with Crippen LogP contribution < -0.4 is 5.32 Å². The topological polar surface area (TPSA) is 49.3 Å². The number of hydrogen-bond acceptors (Lipinski definition) is 3. The molecule has 1 unspecified atom stereocenters. The number of carbonyl (C=O) groups is 1. The molecule has 0 fully saturated rings. The average Bonchev–Trinajstić information content (AvgIpc) is 2.63. The summed E-state index contributed by atoms with van der Waals surface area (Å²) in [5, 5.41) is 11.9. The van der Waals surface area contributed by atoms with E-state index in [-0.39, 0.29) is 5.92 Å². The summed E-state index contributed by atoms with van der Waals surface area (Å²) < 4.78 is 0.814. The molecule has 1 heterocycles. The Morgan fingerprint density at radius 1 is 1.56 bits per heavy atom. The van der Waals surface area contributed by atoms with Crippen molar-refractivity contribution in [1.29, 1.82) is 0 Å². The Morgan fingerprint density at radius 3 is 2.88 bits per heavy atom. The van der Waals surface area contributed by atoms with Gasteiger partial charge < -0.3 is 10.4 Å². The summed E-state index contributed by atoms with van der Waals surface area (Å²) in [6.07, 6.45) is 1.61. The number of hydrogen-bond donors (Lipinski definition) is 2.